The van der Waals surface area contributed by atoms with Crippen LogP contribution in [0.5, 0.6) is 23.0 Å². The number of rotatable bonds is 9. The zero-order chi connectivity index (χ0) is 19.5. The molecule has 5 bridgehead atoms. The summed E-state index contributed by atoms with van der Waals surface area (Å²) >= 11 is 0. The summed E-state index contributed by atoms with van der Waals surface area (Å²) in [6.45, 7) is 0.799. The topological polar surface area (TPSA) is 69.2 Å². The lowest BCUT2D eigenvalue weighted by atomic mass is 9.26. The number of aliphatic hydroxyl groups is 1. The molecule has 3 unspecified atom stereocenters. The Hall–Kier alpha value is -1.66. The van der Waals surface area contributed by atoms with E-state index in [1.165, 1.54) is 32.1 Å². The number of hydrogen-bond donors (Lipinski definition) is 2. The first-order valence-electron chi connectivity index (χ1n) is 10.4. The Morgan fingerprint density at radius 2 is 1.68 bits per heavy atom. The maximum Gasteiger partial charge on any atom is 0.203 e. The molecule has 3 atom stereocenters. The summed E-state index contributed by atoms with van der Waals surface area (Å²) in [5.74, 6) is 5.14. The number of nitrogens with one attached hydrogen (secondary N) is 1. The molecule has 7 rings (SSSR count). The van der Waals surface area contributed by atoms with E-state index in [-0.39, 0.29) is 12.1 Å². The van der Waals surface area contributed by atoms with Crippen molar-refractivity contribution >= 4 is 0 Å². The standard InChI is InChI=1S/C22H31NO5/c1-25-17-4-16(5-18(26-2)20(17)27-3)28-11-15(24)10-23-22-8-13-6-21(12-22)7-14(9-22)19(13)21/h4-5,13-15,19,23-24H,6-12H2,1-3H3. The van der Waals surface area contributed by atoms with Crippen LogP contribution in [0, 0.1) is 23.2 Å². The van der Waals surface area contributed by atoms with E-state index in [0.717, 1.165) is 17.8 Å². The van der Waals surface area contributed by atoms with Gasteiger partial charge in [-0.25, -0.2) is 0 Å². The van der Waals surface area contributed by atoms with Crippen LogP contribution in [-0.2, 0) is 0 Å². The Bertz CT molecular complexity index is 724. The van der Waals surface area contributed by atoms with E-state index >= 15 is 0 Å². The van der Waals surface area contributed by atoms with Crippen molar-refractivity contribution in [3.8, 4) is 23.0 Å². The van der Waals surface area contributed by atoms with Crippen molar-refractivity contribution < 1.29 is 24.1 Å². The lowest BCUT2D eigenvalue weighted by Crippen LogP contribution is -2.77. The minimum Gasteiger partial charge on any atom is -0.493 e. The van der Waals surface area contributed by atoms with Crippen LogP contribution in [0.3, 0.4) is 0 Å². The Morgan fingerprint density at radius 1 is 1.04 bits per heavy atom. The van der Waals surface area contributed by atoms with Gasteiger partial charge in [-0.05, 0) is 55.3 Å². The van der Waals surface area contributed by atoms with E-state index in [1.807, 2.05) is 0 Å². The number of hydrogen-bond acceptors (Lipinski definition) is 6. The summed E-state index contributed by atoms with van der Waals surface area (Å²) in [7, 11) is 4.72. The van der Waals surface area contributed by atoms with Gasteiger partial charge in [0.2, 0.25) is 5.75 Å². The zero-order valence-electron chi connectivity index (χ0n) is 17.0. The Labute approximate surface area is 166 Å². The van der Waals surface area contributed by atoms with Crippen LogP contribution in [0.2, 0.25) is 0 Å². The van der Waals surface area contributed by atoms with E-state index in [9.17, 15) is 5.11 Å². The molecule has 28 heavy (non-hydrogen) atoms. The minimum atomic E-state index is -0.557. The molecule has 6 heteroatoms. The highest BCUT2D eigenvalue weighted by Gasteiger charge is 2.75. The van der Waals surface area contributed by atoms with Crippen LogP contribution in [-0.4, -0.2) is 51.2 Å². The highest BCUT2D eigenvalue weighted by Crippen LogP contribution is 2.80. The van der Waals surface area contributed by atoms with Crippen molar-refractivity contribution in [1.82, 2.24) is 5.32 Å². The van der Waals surface area contributed by atoms with Gasteiger partial charge in [0, 0.05) is 24.2 Å². The molecule has 0 heterocycles. The first-order valence-corrected chi connectivity index (χ1v) is 10.4. The van der Waals surface area contributed by atoms with Crippen LogP contribution >= 0.6 is 0 Å². The van der Waals surface area contributed by atoms with Gasteiger partial charge in [-0.3, -0.25) is 0 Å². The molecule has 2 N–H and O–H groups in total. The Morgan fingerprint density at radius 3 is 2.21 bits per heavy atom. The third-order valence-electron chi connectivity index (χ3n) is 7.85. The van der Waals surface area contributed by atoms with Gasteiger partial charge >= 0.3 is 0 Å². The van der Waals surface area contributed by atoms with Gasteiger partial charge in [-0.1, -0.05) is 0 Å². The number of β-amino-alcohol motifs (C(OH)–C–C–N with tert-alkyl or cyclic N) is 1. The molecule has 0 aromatic heterocycles. The summed E-state index contributed by atoms with van der Waals surface area (Å²) in [5, 5.41) is 14.2. The molecule has 0 aliphatic heterocycles. The molecule has 6 aliphatic rings. The first-order chi connectivity index (χ1) is 13.5. The summed E-state index contributed by atoms with van der Waals surface area (Å²) < 4.78 is 21.9. The zero-order valence-corrected chi connectivity index (χ0v) is 17.0. The van der Waals surface area contributed by atoms with Crippen LogP contribution in [0.25, 0.3) is 0 Å². The molecule has 0 radical (unpaired) electrons. The SMILES string of the molecule is COc1cc(OCC(O)CNC23CC4CC5(CC(C2)C45)C3)cc(OC)c1OC. The summed E-state index contributed by atoms with van der Waals surface area (Å²) in [6, 6.07) is 3.51. The van der Waals surface area contributed by atoms with Gasteiger partial charge in [-0.15, -0.1) is 0 Å². The van der Waals surface area contributed by atoms with E-state index in [2.05, 4.69) is 5.32 Å². The van der Waals surface area contributed by atoms with E-state index < -0.39 is 6.10 Å². The van der Waals surface area contributed by atoms with E-state index in [4.69, 9.17) is 18.9 Å². The maximum absolute atomic E-state index is 10.5. The van der Waals surface area contributed by atoms with Crippen molar-refractivity contribution in [2.45, 2.75) is 43.7 Å². The normalized spacial score (nSPS) is 37.5. The molecule has 1 aromatic carbocycles. The Balaban J connectivity index is 1.17. The van der Waals surface area contributed by atoms with Crippen molar-refractivity contribution in [3.05, 3.63) is 12.1 Å². The summed E-state index contributed by atoms with van der Waals surface area (Å²) in [5.41, 5.74) is 0.949. The van der Waals surface area contributed by atoms with Crippen molar-refractivity contribution in [3.63, 3.8) is 0 Å². The molecule has 1 spiro atoms. The molecule has 154 valence electrons. The van der Waals surface area contributed by atoms with E-state index in [1.54, 1.807) is 33.5 Å². The number of methoxy groups -OCH3 is 3. The van der Waals surface area contributed by atoms with Gasteiger partial charge < -0.3 is 29.4 Å². The molecule has 6 saturated carbocycles. The number of ether oxygens (including phenoxy) is 4. The predicted octanol–water partition coefficient (Wildman–Crippen LogP) is 2.62. The van der Waals surface area contributed by atoms with Crippen LogP contribution in [0.4, 0.5) is 0 Å². The van der Waals surface area contributed by atoms with Gasteiger partial charge in [-0.2, -0.15) is 0 Å². The quantitative estimate of drug-likeness (QED) is 0.677. The average Bonchev–Trinajstić information content (AvgIpc) is 2.68. The second-order valence-electron chi connectivity index (χ2n) is 9.39. The second-order valence-corrected chi connectivity index (χ2v) is 9.39. The smallest absolute Gasteiger partial charge is 0.203 e. The molecule has 6 nitrogen and oxygen atoms in total. The predicted molar refractivity (Wildman–Crippen MR) is 104 cm³/mol. The summed E-state index contributed by atoms with van der Waals surface area (Å²) in [6.07, 6.45) is 6.29. The fourth-order valence-corrected chi connectivity index (χ4v) is 7.22. The fraction of sp³-hybridized carbons (Fsp3) is 0.727. The minimum absolute atomic E-state index is 0.225. The molecule has 6 aliphatic carbocycles. The summed E-state index contributed by atoms with van der Waals surface area (Å²) in [4.78, 5) is 0. The number of aliphatic hydroxyl groups excluding tert-OH is 1. The number of benzene rings is 1. The molecule has 0 saturated heterocycles. The van der Waals surface area contributed by atoms with E-state index in [0.29, 0.717) is 35.0 Å². The monoisotopic (exact) mass is 389 g/mol. The van der Waals surface area contributed by atoms with Crippen LogP contribution in [0.1, 0.15) is 32.1 Å². The Kier molecular flexibility index (Phi) is 4.22. The third-order valence-corrected chi connectivity index (χ3v) is 7.85. The van der Waals surface area contributed by atoms with Gasteiger partial charge in [0.15, 0.2) is 11.5 Å². The molecule has 6 fully saturated rings. The van der Waals surface area contributed by atoms with Gasteiger partial charge in [0.25, 0.3) is 0 Å². The lowest BCUT2D eigenvalue weighted by molar-refractivity contribution is -0.290. The fourth-order valence-electron chi connectivity index (χ4n) is 7.22. The molecule has 0 amide bonds. The van der Waals surface area contributed by atoms with Crippen molar-refractivity contribution in [2.75, 3.05) is 34.5 Å². The average molecular weight is 389 g/mol. The maximum atomic E-state index is 10.5. The van der Waals surface area contributed by atoms with Crippen molar-refractivity contribution in [2.24, 2.45) is 23.2 Å². The second kappa shape index (κ2) is 6.42. The van der Waals surface area contributed by atoms with Gasteiger partial charge in [0.05, 0.1) is 21.3 Å². The first kappa shape index (κ1) is 18.4. The molecule has 1 aromatic rings. The largest absolute Gasteiger partial charge is 0.493 e. The molecular weight excluding hydrogens is 358 g/mol. The van der Waals surface area contributed by atoms with Gasteiger partial charge in [0.1, 0.15) is 18.5 Å². The highest BCUT2D eigenvalue weighted by atomic mass is 16.5. The lowest BCUT2D eigenvalue weighted by Gasteiger charge is -2.80. The van der Waals surface area contributed by atoms with Crippen LogP contribution < -0.4 is 24.3 Å². The van der Waals surface area contributed by atoms with Crippen molar-refractivity contribution in [1.29, 1.82) is 0 Å². The molecular formula is C22H31NO5. The highest BCUT2D eigenvalue weighted by molar-refractivity contribution is 5.55. The third kappa shape index (κ3) is 2.61. The van der Waals surface area contributed by atoms with Crippen LogP contribution in [0.15, 0.2) is 12.1 Å².